The lowest BCUT2D eigenvalue weighted by molar-refractivity contribution is 0.553. The zero-order valence-electron chi connectivity index (χ0n) is 13.4. The van der Waals surface area contributed by atoms with Gasteiger partial charge in [0, 0.05) is 37.0 Å². The minimum Gasteiger partial charge on any atom is -0.403 e. The fraction of sp³-hybridized carbons (Fsp3) is 0.214. The molecule has 11 heteroatoms. The molecule has 3 aromatic heterocycles. The highest BCUT2D eigenvalue weighted by atomic mass is 32.1. The molecule has 0 saturated heterocycles. The van der Waals surface area contributed by atoms with Crippen molar-refractivity contribution >= 4 is 32.6 Å². The van der Waals surface area contributed by atoms with E-state index in [9.17, 15) is 4.79 Å². The molecule has 0 atom stereocenters. The van der Waals surface area contributed by atoms with Crippen molar-refractivity contribution in [1.29, 1.82) is 0 Å². The lowest BCUT2D eigenvalue weighted by Gasteiger charge is -2.06. The molecule has 0 unspecified atom stereocenters. The van der Waals surface area contributed by atoms with Crippen LogP contribution < -0.4 is 33.4 Å². The normalized spacial score (nSPS) is 14.8. The molecule has 1 aliphatic rings. The van der Waals surface area contributed by atoms with E-state index in [0.717, 1.165) is 26.4 Å². The maximum Gasteiger partial charge on any atom is 0.291 e. The van der Waals surface area contributed by atoms with Crippen LogP contribution in [0.15, 0.2) is 34.8 Å². The maximum absolute atomic E-state index is 12.8. The van der Waals surface area contributed by atoms with Gasteiger partial charge >= 0.3 is 0 Å². The first-order valence-corrected chi connectivity index (χ1v) is 8.36. The van der Waals surface area contributed by atoms with Gasteiger partial charge in [0.05, 0.1) is 23.1 Å². The summed E-state index contributed by atoms with van der Waals surface area (Å²) in [7, 11) is 1.83. The molecule has 0 amide bonds. The van der Waals surface area contributed by atoms with Crippen molar-refractivity contribution in [3.8, 4) is 0 Å². The highest BCUT2D eigenvalue weighted by Crippen LogP contribution is 2.31. The van der Waals surface area contributed by atoms with Gasteiger partial charge in [-0.25, -0.2) is 9.67 Å². The van der Waals surface area contributed by atoms with Gasteiger partial charge in [0.1, 0.15) is 10.5 Å². The van der Waals surface area contributed by atoms with E-state index < -0.39 is 0 Å². The molecule has 0 saturated carbocycles. The van der Waals surface area contributed by atoms with Crippen LogP contribution in [0.5, 0.6) is 0 Å². The van der Waals surface area contributed by atoms with Crippen LogP contribution in [0.2, 0.25) is 0 Å². The Morgan fingerprint density at radius 1 is 1.48 bits per heavy atom. The first kappa shape index (κ1) is 15.5. The van der Waals surface area contributed by atoms with E-state index in [4.69, 9.17) is 11.5 Å². The van der Waals surface area contributed by atoms with Gasteiger partial charge in [0.25, 0.3) is 5.56 Å². The second-order valence-corrected chi connectivity index (χ2v) is 6.75. The summed E-state index contributed by atoms with van der Waals surface area (Å²) < 4.78 is 4.14. The first-order valence-electron chi connectivity index (χ1n) is 7.54. The van der Waals surface area contributed by atoms with Crippen LogP contribution in [-0.4, -0.2) is 19.3 Å². The zero-order valence-corrected chi connectivity index (χ0v) is 14.2. The van der Waals surface area contributed by atoms with Crippen LogP contribution in [-0.2, 0) is 20.0 Å². The van der Waals surface area contributed by atoms with Gasteiger partial charge in [-0.1, -0.05) is 0 Å². The summed E-state index contributed by atoms with van der Waals surface area (Å²) in [5.74, 6) is 0. The molecule has 4 heterocycles. The number of nitrogens with one attached hydrogen (secondary N) is 3. The van der Waals surface area contributed by atoms with Crippen LogP contribution in [0.25, 0.3) is 21.3 Å². The molecule has 4 rings (SSSR count). The third-order valence-corrected chi connectivity index (χ3v) is 5.08. The highest BCUT2D eigenvalue weighted by molar-refractivity contribution is 7.19. The molecule has 130 valence electrons. The highest BCUT2D eigenvalue weighted by Gasteiger charge is 2.18. The molecular formula is C14H17N9OS. The Morgan fingerprint density at radius 3 is 3.04 bits per heavy atom. The van der Waals surface area contributed by atoms with Crippen molar-refractivity contribution in [2.45, 2.75) is 13.0 Å². The van der Waals surface area contributed by atoms with Gasteiger partial charge in [-0.3, -0.25) is 4.79 Å². The fourth-order valence-corrected chi connectivity index (χ4v) is 3.92. The van der Waals surface area contributed by atoms with E-state index in [0.29, 0.717) is 24.2 Å². The van der Waals surface area contributed by atoms with Crippen LogP contribution in [0.3, 0.4) is 0 Å². The molecule has 0 spiro atoms. The Bertz CT molecular complexity index is 1090. The molecule has 0 radical (unpaired) electrons. The summed E-state index contributed by atoms with van der Waals surface area (Å²) >= 11 is 1.50. The third kappa shape index (κ3) is 2.49. The number of hydrogen-bond acceptors (Lipinski definition) is 9. The number of hydrogen-bond donors (Lipinski definition) is 5. The summed E-state index contributed by atoms with van der Waals surface area (Å²) in [5, 5.41) is 5.94. The van der Waals surface area contributed by atoms with E-state index in [2.05, 4.69) is 26.5 Å². The Labute approximate surface area is 145 Å². The molecular weight excluding hydrogens is 342 g/mol. The van der Waals surface area contributed by atoms with Gasteiger partial charge in [0.2, 0.25) is 0 Å². The van der Waals surface area contributed by atoms with Crippen LogP contribution in [0.4, 0.5) is 0 Å². The van der Waals surface area contributed by atoms with Gasteiger partial charge in [-0.15, -0.1) is 11.3 Å². The summed E-state index contributed by atoms with van der Waals surface area (Å²) in [6, 6.07) is 0. The van der Waals surface area contributed by atoms with E-state index in [-0.39, 0.29) is 5.56 Å². The predicted molar refractivity (Wildman–Crippen MR) is 95.8 cm³/mol. The number of aryl methyl sites for hydroxylation is 1. The summed E-state index contributed by atoms with van der Waals surface area (Å²) in [5.41, 5.74) is 22.2. The number of thiazole rings is 1. The molecule has 0 aromatic carbocycles. The van der Waals surface area contributed by atoms with Crippen molar-refractivity contribution in [1.82, 2.24) is 35.7 Å². The number of rotatable bonds is 4. The Balaban J connectivity index is 1.82. The van der Waals surface area contributed by atoms with Gasteiger partial charge in [0.15, 0.2) is 5.65 Å². The van der Waals surface area contributed by atoms with Gasteiger partial charge in [-0.05, 0) is 0 Å². The van der Waals surface area contributed by atoms with Gasteiger partial charge in [-0.2, -0.15) is 10.6 Å². The minimum absolute atomic E-state index is 0.164. The molecule has 0 aliphatic carbocycles. The van der Waals surface area contributed by atoms with E-state index in [1.807, 2.05) is 7.05 Å². The standard InChI is InChI=1S/C14H17N9OS/c1-22-11-9(12-13(22)19-10(25-12)2-7(16)3-15)5-18-23(14(11)24)6-8-4-17-21-20-8/h3-5,17,20-21H,2,6,15-16H2,1H3/b7-3-. The van der Waals surface area contributed by atoms with Crippen molar-refractivity contribution < 1.29 is 0 Å². The van der Waals surface area contributed by atoms with Crippen LogP contribution in [0.1, 0.15) is 5.01 Å². The molecule has 10 nitrogen and oxygen atoms in total. The Kier molecular flexibility index (Phi) is 3.58. The molecule has 7 N–H and O–H groups in total. The average Bonchev–Trinajstić information content (AvgIpc) is 3.29. The molecule has 25 heavy (non-hydrogen) atoms. The maximum atomic E-state index is 12.8. The summed E-state index contributed by atoms with van der Waals surface area (Å²) in [6.07, 6.45) is 5.31. The van der Waals surface area contributed by atoms with Gasteiger partial charge < -0.3 is 26.9 Å². The summed E-state index contributed by atoms with van der Waals surface area (Å²) in [6.45, 7) is 0.337. The SMILES string of the molecule is Cn1c2nc(C/C(N)=C/N)sc2c2cnn(CC3=CNNN3)c(=O)c21. The molecule has 3 aromatic rings. The van der Waals surface area contributed by atoms with Crippen molar-refractivity contribution in [2.75, 3.05) is 0 Å². The second-order valence-electron chi connectivity index (χ2n) is 5.67. The minimum atomic E-state index is -0.164. The van der Waals surface area contributed by atoms with Crippen LogP contribution in [0, 0.1) is 0 Å². The lowest BCUT2D eigenvalue weighted by atomic mass is 10.3. The van der Waals surface area contributed by atoms with E-state index >= 15 is 0 Å². The number of fused-ring (bicyclic) bond motifs is 3. The quantitative estimate of drug-likeness (QED) is 0.404. The number of nitrogens with zero attached hydrogens (tertiary/aromatic N) is 4. The number of hydrazine groups is 2. The fourth-order valence-electron chi connectivity index (χ4n) is 2.78. The third-order valence-electron chi connectivity index (χ3n) is 4.00. The first-order chi connectivity index (χ1) is 12.1. The smallest absolute Gasteiger partial charge is 0.291 e. The van der Waals surface area contributed by atoms with Crippen molar-refractivity contribution in [3.63, 3.8) is 0 Å². The largest absolute Gasteiger partial charge is 0.403 e. The van der Waals surface area contributed by atoms with Crippen LogP contribution >= 0.6 is 11.3 Å². The Hall–Kier alpha value is -3.05. The summed E-state index contributed by atoms with van der Waals surface area (Å²) in [4.78, 5) is 17.4. The Morgan fingerprint density at radius 2 is 2.32 bits per heavy atom. The second kappa shape index (κ2) is 5.79. The van der Waals surface area contributed by atoms with E-state index in [1.165, 1.54) is 22.2 Å². The van der Waals surface area contributed by atoms with E-state index in [1.54, 1.807) is 17.0 Å². The lowest BCUT2D eigenvalue weighted by Crippen LogP contribution is -2.34. The molecule has 0 bridgehead atoms. The molecule has 0 fully saturated rings. The number of aromatic nitrogens is 4. The molecule has 1 aliphatic heterocycles. The zero-order chi connectivity index (χ0) is 17.6. The van der Waals surface area contributed by atoms with Crippen molar-refractivity contribution in [2.24, 2.45) is 18.5 Å². The monoisotopic (exact) mass is 359 g/mol. The number of nitrogens with two attached hydrogens (primary N) is 2. The predicted octanol–water partition coefficient (Wildman–Crippen LogP) is -0.900. The number of allylic oxidation sites excluding steroid dienone is 2. The average molecular weight is 359 g/mol. The topological polar surface area (TPSA) is 141 Å². The van der Waals surface area contributed by atoms with Crippen molar-refractivity contribution in [3.05, 3.63) is 45.4 Å².